The molecule has 0 aliphatic heterocycles. The first-order valence-electron chi connectivity index (χ1n) is 7.19. The Labute approximate surface area is 177 Å². The van der Waals surface area contributed by atoms with Gasteiger partial charge in [-0.3, -0.25) is 4.99 Å². The lowest BCUT2D eigenvalue weighted by Crippen LogP contribution is -2.38. The second-order valence-corrected chi connectivity index (χ2v) is 6.82. The molecule has 1 aromatic heterocycles. The Balaban J connectivity index is 0.00000338. The predicted molar refractivity (Wildman–Crippen MR) is 109 cm³/mol. The SMILES string of the molecule is CN=C(NCCc1nc(C(F)(F)F)cs1)NCc1ccc(Br)cc1F.I. The Morgan fingerprint density at radius 3 is 2.62 bits per heavy atom. The molecule has 0 radical (unpaired) electrons. The topological polar surface area (TPSA) is 49.3 Å². The molecule has 1 heterocycles. The molecular weight excluding hydrogens is 551 g/mol. The van der Waals surface area contributed by atoms with E-state index < -0.39 is 11.9 Å². The molecule has 11 heteroatoms. The van der Waals surface area contributed by atoms with Crippen LogP contribution in [0.1, 0.15) is 16.3 Å². The van der Waals surface area contributed by atoms with Crippen molar-refractivity contribution in [2.24, 2.45) is 4.99 Å². The van der Waals surface area contributed by atoms with Crippen LogP contribution in [0.3, 0.4) is 0 Å². The third kappa shape index (κ3) is 6.99. The van der Waals surface area contributed by atoms with Crippen LogP contribution in [0, 0.1) is 5.82 Å². The summed E-state index contributed by atoms with van der Waals surface area (Å²) in [7, 11) is 1.55. The molecule has 0 bridgehead atoms. The lowest BCUT2D eigenvalue weighted by molar-refractivity contribution is -0.140. The lowest BCUT2D eigenvalue weighted by Gasteiger charge is -2.12. The average Bonchev–Trinajstić information content (AvgIpc) is 3.01. The zero-order chi connectivity index (χ0) is 18.4. The van der Waals surface area contributed by atoms with E-state index in [1.54, 1.807) is 19.2 Å². The van der Waals surface area contributed by atoms with Gasteiger partial charge < -0.3 is 10.6 Å². The Kier molecular flexibility index (Phi) is 9.24. The minimum absolute atomic E-state index is 0. The summed E-state index contributed by atoms with van der Waals surface area (Å²) in [6.45, 7) is 0.585. The first-order valence-corrected chi connectivity index (χ1v) is 8.87. The Morgan fingerprint density at radius 2 is 2.04 bits per heavy atom. The van der Waals surface area contributed by atoms with Crippen LogP contribution >= 0.6 is 51.2 Å². The van der Waals surface area contributed by atoms with Gasteiger partial charge >= 0.3 is 6.18 Å². The van der Waals surface area contributed by atoms with Crippen molar-refractivity contribution in [1.29, 1.82) is 0 Å². The number of alkyl halides is 3. The zero-order valence-corrected chi connectivity index (χ0v) is 18.3. The fraction of sp³-hybridized carbons (Fsp3) is 0.333. The second kappa shape index (κ2) is 10.4. The van der Waals surface area contributed by atoms with Crippen LogP contribution in [0.25, 0.3) is 0 Å². The summed E-state index contributed by atoms with van der Waals surface area (Å²) < 4.78 is 51.9. The summed E-state index contributed by atoms with van der Waals surface area (Å²) in [6.07, 6.45) is -4.09. The molecule has 2 rings (SSSR count). The van der Waals surface area contributed by atoms with Crippen LogP contribution in [0.5, 0.6) is 0 Å². The summed E-state index contributed by atoms with van der Waals surface area (Å²) in [6, 6.07) is 4.75. The number of hydrogen-bond acceptors (Lipinski definition) is 3. The molecule has 0 fully saturated rings. The van der Waals surface area contributed by atoms with Crippen LogP contribution in [0.4, 0.5) is 17.6 Å². The summed E-state index contributed by atoms with van der Waals surface area (Å²) in [4.78, 5) is 7.55. The molecule has 1 aromatic carbocycles. The van der Waals surface area contributed by atoms with Crippen molar-refractivity contribution in [3.05, 3.63) is 50.1 Å². The van der Waals surface area contributed by atoms with E-state index in [2.05, 4.69) is 36.5 Å². The summed E-state index contributed by atoms with van der Waals surface area (Å²) >= 11 is 4.15. The third-order valence-corrected chi connectivity index (χ3v) is 4.56. The van der Waals surface area contributed by atoms with E-state index in [-0.39, 0.29) is 36.3 Å². The predicted octanol–water partition coefficient (Wildman–Crippen LogP) is 4.59. The first kappa shape index (κ1) is 23.1. The zero-order valence-electron chi connectivity index (χ0n) is 13.5. The molecule has 0 spiro atoms. The maximum Gasteiger partial charge on any atom is 0.434 e. The van der Waals surface area contributed by atoms with E-state index in [1.165, 1.54) is 6.07 Å². The van der Waals surface area contributed by atoms with E-state index in [1.807, 2.05) is 0 Å². The minimum Gasteiger partial charge on any atom is -0.356 e. The molecule has 0 amide bonds. The Morgan fingerprint density at radius 1 is 1.31 bits per heavy atom. The number of thiazole rings is 1. The highest BCUT2D eigenvalue weighted by molar-refractivity contribution is 14.0. The van der Waals surface area contributed by atoms with Crippen molar-refractivity contribution in [3.63, 3.8) is 0 Å². The quantitative estimate of drug-likeness (QED) is 0.241. The molecule has 0 unspecified atom stereocenters. The van der Waals surface area contributed by atoms with Crippen LogP contribution in [-0.2, 0) is 19.1 Å². The first-order chi connectivity index (χ1) is 11.8. The minimum atomic E-state index is -4.42. The Hall–Kier alpha value is -0.950. The fourth-order valence-electron chi connectivity index (χ4n) is 1.91. The number of aromatic nitrogens is 1. The molecule has 0 saturated heterocycles. The van der Waals surface area contributed by atoms with Crippen molar-refractivity contribution < 1.29 is 17.6 Å². The molecule has 0 aliphatic carbocycles. The summed E-state index contributed by atoms with van der Waals surface area (Å²) in [5.41, 5.74) is -0.401. The van der Waals surface area contributed by atoms with Gasteiger partial charge in [0.2, 0.25) is 0 Å². The number of nitrogens with zero attached hydrogens (tertiary/aromatic N) is 2. The van der Waals surface area contributed by atoms with Crippen molar-refractivity contribution in [2.75, 3.05) is 13.6 Å². The van der Waals surface area contributed by atoms with E-state index >= 15 is 0 Å². The van der Waals surface area contributed by atoms with Gasteiger partial charge in [-0.15, -0.1) is 35.3 Å². The average molecular weight is 567 g/mol. The Bertz CT molecular complexity index is 751. The van der Waals surface area contributed by atoms with Crippen LogP contribution in [0.15, 0.2) is 33.0 Å². The highest BCUT2D eigenvalue weighted by Crippen LogP contribution is 2.29. The van der Waals surface area contributed by atoms with E-state index in [4.69, 9.17) is 0 Å². The molecule has 4 nitrogen and oxygen atoms in total. The summed E-state index contributed by atoms with van der Waals surface area (Å²) in [5, 5.41) is 7.29. The van der Waals surface area contributed by atoms with Gasteiger partial charge in [-0.05, 0) is 12.1 Å². The van der Waals surface area contributed by atoms with Gasteiger partial charge in [0.15, 0.2) is 11.7 Å². The molecule has 2 N–H and O–H groups in total. The standard InChI is InChI=1S/C15H15BrF4N4S.HI/c1-21-14(23-7-9-2-3-10(16)6-11(9)17)22-5-4-13-24-12(8-25-13)15(18,19)20;/h2-3,6,8H,4-5,7H2,1H3,(H2,21,22,23);1H. The molecule has 26 heavy (non-hydrogen) atoms. The van der Waals surface area contributed by atoms with Gasteiger partial charge in [-0.1, -0.05) is 22.0 Å². The van der Waals surface area contributed by atoms with E-state index in [0.717, 1.165) is 16.7 Å². The van der Waals surface area contributed by atoms with Crippen LogP contribution < -0.4 is 10.6 Å². The molecule has 0 aliphatic rings. The van der Waals surface area contributed by atoms with Gasteiger partial charge in [0.25, 0.3) is 0 Å². The number of nitrogens with one attached hydrogen (secondary N) is 2. The molecule has 0 atom stereocenters. The molecular formula is C15H16BrF4IN4S. The van der Waals surface area contributed by atoms with E-state index in [0.29, 0.717) is 34.0 Å². The van der Waals surface area contributed by atoms with Gasteiger partial charge in [0.1, 0.15) is 5.82 Å². The van der Waals surface area contributed by atoms with Gasteiger partial charge in [0, 0.05) is 42.0 Å². The number of rotatable bonds is 5. The number of aliphatic imine (C=N–C) groups is 1. The monoisotopic (exact) mass is 566 g/mol. The maximum absolute atomic E-state index is 13.7. The lowest BCUT2D eigenvalue weighted by atomic mass is 10.2. The largest absolute Gasteiger partial charge is 0.434 e. The number of guanidine groups is 1. The van der Waals surface area contributed by atoms with Gasteiger partial charge in [-0.25, -0.2) is 9.37 Å². The van der Waals surface area contributed by atoms with E-state index in [9.17, 15) is 17.6 Å². The van der Waals surface area contributed by atoms with Crippen molar-refractivity contribution >= 4 is 57.2 Å². The highest BCUT2D eigenvalue weighted by Gasteiger charge is 2.33. The molecule has 2 aromatic rings. The van der Waals surface area contributed by atoms with Gasteiger partial charge in [-0.2, -0.15) is 13.2 Å². The highest BCUT2D eigenvalue weighted by atomic mass is 127. The molecule has 0 saturated carbocycles. The van der Waals surface area contributed by atoms with Crippen LogP contribution in [0.2, 0.25) is 0 Å². The van der Waals surface area contributed by atoms with Crippen LogP contribution in [-0.4, -0.2) is 24.5 Å². The smallest absolute Gasteiger partial charge is 0.356 e. The van der Waals surface area contributed by atoms with Crippen molar-refractivity contribution in [3.8, 4) is 0 Å². The fourth-order valence-corrected chi connectivity index (χ4v) is 3.05. The number of benzene rings is 1. The second-order valence-electron chi connectivity index (χ2n) is 4.96. The number of halogens is 6. The number of hydrogen-bond donors (Lipinski definition) is 2. The third-order valence-electron chi connectivity index (χ3n) is 3.16. The van der Waals surface area contributed by atoms with Gasteiger partial charge in [0.05, 0.1) is 5.01 Å². The van der Waals surface area contributed by atoms with Crippen molar-refractivity contribution in [1.82, 2.24) is 15.6 Å². The summed E-state index contributed by atoms with van der Waals surface area (Å²) in [5.74, 6) is 0.0784. The van der Waals surface area contributed by atoms with Crippen molar-refractivity contribution in [2.45, 2.75) is 19.1 Å². The maximum atomic E-state index is 13.7. The normalized spacial score (nSPS) is 11.8. The molecule has 144 valence electrons.